The fourth-order valence-corrected chi connectivity index (χ4v) is 3.18. The van der Waals surface area contributed by atoms with Crippen LogP contribution in [-0.4, -0.2) is 111 Å². The number of hydrogen-bond acceptors (Lipinski definition) is 16. The molecule has 0 amide bonds. The molecule has 0 saturated heterocycles. The first-order valence-corrected chi connectivity index (χ1v) is 19.4. The summed E-state index contributed by atoms with van der Waals surface area (Å²) in [7, 11) is -19.0. The maximum absolute atomic E-state index is 12.9. The molecule has 0 aliphatic rings. The Morgan fingerprint density at radius 2 is 0.786 bits per heavy atom. The van der Waals surface area contributed by atoms with Crippen molar-refractivity contribution in [2.75, 3.05) is 26.4 Å². The van der Waals surface area contributed by atoms with E-state index in [9.17, 15) is 97.2 Å². The van der Waals surface area contributed by atoms with E-state index in [-0.39, 0.29) is 6.42 Å². The molecule has 0 spiro atoms. The van der Waals surface area contributed by atoms with Gasteiger partial charge in [0, 0.05) is 0 Å². The fraction of sp³-hybridized carbons (Fsp3) is 0.889. The van der Waals surface area contributed by atoms with E-state index in [1.165, 1.54) is 48.5 Å². The number of halogens is 10. The van der Waals surface area contributed by atoms with Gasteiger partial charge in [-0.2, -0.15) is 43.9 Å². The molecule has 0 atom stereocenters. The standard InChI is InChI=1S/C10H16F4O6S.C9H14F4O5S.C8H14F2O5S/c1-4-8(2,3)7(15)19-5-6-20-9(11,12)10(13,14)21(16,17)18;1-4-7(2,3)6(14)18-5-8(10,11)9(12,13)19(15,16)17;1-4-7(2,3)6(11)15-5-8(9,10)16(12,13)14/h4-6H2,1-3H3,(H,16,17,18);4-5H2,1-3H3,(H,15,16,17);4-5H2,1-3H3,(H,12,13,14)/p-3. The van der Waals surface area contributed by atoms with Crippen molar-refractivity contribution in [2.45, 2.75) is 109 Å². The van der Waals surface area contributed by atoms with Crippen molar-refractivity contribution >= 4 is 48.3 Å². The van der Waals surface area contributed by atoms with Gasteiger partial charge in [0.2, 0.25) is 0 Å². The molecule has 0 rings (SSSR count). The Morgan fingerprint density at radius 1 is 0.482 bits per heavy atom. The van der Waals surface area contributed by atoms with E-state index >= 15 is 0 Å². The number of esters is 3. The molecule has 336 valence electrons. The zero-order chi connectivity index (χ0) is 46.0. The first-order valence-electron chi connectivity index (χ1n) is 15.2. The molecule has 0 N–H and O–H groups in total. The zero-order valence-corrected chi connectivity index (χ0v) is 33.4. The Labute approximate surface area is 316 Å². The largest absolute Gasteiger partial charge is 0.743 e. The minimum atomic E-state index is -6.61. The molecule has 0 radical (unpaired) electrons. The van der Waals surface area contributed by atoms with Crippen LogP contribution in [0.3, 0.4) is 0 Å². The topological polar surface area (TPSA) is 260 Å². The van der Waals surface area contributed by atoms with Crippen LogP contribution in [0.25, 0.3) is 0 Å². The van der Waals surface area contributed by atoms with Gasteiger partial charge in [-0.25, -0.2) is 25.3 Å². The Bertz CT molecular complexity index is 1660. The van der Waals surface area contributed by atoms with E-state index in [4.69, 9.17) is 0 Å². The molecule has 0 bridgehead atoms. The van der Waals surface area contributed by atoms with Gasteiger partial charge in [-0.3, -0.25) is 14.4 Å². The summed E-state index contributed by atoms with van der Waals surface area (Å²) in [4.78, 5) is 33.9. The summed E-state index contributed by atoms with van der Waals surface area (Å²) in [6, 6.07) is 0. The predicted molar refractivity (Wildman–Crippen MR) is 165 cm³/mol. The lowest BCUT2D eigenvalue weighted by Gasteiger charge is -2.29. The minimum absolute atomic E-state index is 0.188. The van der Waals surface area contributed by atoms with Gasteiger partial charge in [0.25, 0.3) is 0 Å². The third-order valence-electron chi connectivity index (χ3n) is 7.42. The van der Waals surface area contributed by atoms with E-state index in [2.05, 4.69) is 18.9 Å². The second kappa shape index (κ2) is 19.9. The van der Waals surface area contributed by atoms with Gasteiger partial charge >= 0.3 is 45.7 Å². The highest BCUT2D eigenvalue weighted by Crippen LogP contribution is 2.40. The molecule has 0 heterocycles. The molecule has 0 aliphatic carbocycles. The van der Waals surface area contributed by atoms with Crippen molar-refractivity contribution in [3.63, 3.8) is 0 Å². The number of hydrogen-bond donors (Lipinski definition) is 0. The predicted octanol–water partition coefficient (Wildman–Crippen LogP) is 4.56. The van der Waals surface area contributed by atoms with Crippen molar-refractivity contribution < 1.29 is 116 Å². The lowest BCUT2D eigenvalue weighted by molar-refractivity contribution is -0.320. The number of alkyl halides is 10. The van der Waals surface area contributed by atoms with Gasteiger partial charge in [-0.15, -0.1) is 0 Å². The highest BCUT2D eigenvalue weighted by Gasteiger charge is 2.64. The Balaban J connectivity index is -0.000000759. The SMILES string of the molecule is CCC(C)(C)C(=O)OCC(F)(F)C(F)(F)S(=O)(=O)[O-].CCC(C)(C)C(=O)OCC(F)(F)S(=O)(=O)[O-].CCC(C)(C)C(=O)OCCOC(F)(F)C(F)(F)S(=O)(=O)[O-]. The Morgan fingerprint density at radius 3 is 1.07 bits per heavy atom. The van der Waals surface area contributed by atoms with E-state index in [0.717, 1.165) is 0 Å². The van der Waals surface area contributed by atoms with Crippen LogP contribution < -0.4 is 0 Å². The van der Waals surface area contributed by atoms with E-state index in [1.54, 1.807) is 13.8 Å². The normalized spacial score (nSPS) is 14.0. The molecule has 0 aromatic carbocycles. The monoisotopic (exact) mass is 907 g/mol. The van der Waals surface area contributed by atoms with Crippen LogP contribution in [0.1, 0.15) is 81.6 Å². The van der Waals surface area contributed by atoms with Gasteiger partial charge in [0.05, 0.1) is 22.9 Å². The van der Waals surface area contributed by atoms with Crippen LogP contribution in [0, 0.1) is 16.2 Å². The maximum Gasteiger partial charge on any atom is 0.433 e. The average molecular weight is 908 g/mol. The van der Waals surface area contributed by atoms with Crippen LogP contribution in [0.15, 0.2) is 0 Å². The summed E-state index contributed by atoms with van der Waals surface area (Å²) < 4.78 is 234. The van der Waals surface area contributed by atoms with Crippen molar-refractivity contribution in [3.8, 4) is 0 Å². The second-order valence-corrected chi connectivity index (χ2v) is 17.5. The summed E-state index contributed by atoms with van der Waals surface area (Å²) in [5, 5.41) is -16.4. The van der Waals surface area contributed by atoms with Gasteiger partial charge in [-0.1, -0.05) is 20.8 Å². The molecule has 16 nitrogen and oxygen atoms in total. The summed E-state index contributed by atoms with van der Waals surface area (Å²) in [6.45, 7) is 7.52. The third-order valence-corrected chi connectivity index (χ3v) is 10.1. The molecular weight excluding hydrogens is 866 g/mol. The lowest BCUT2D eigenvalue weighted by atomic mass is 9.91. The summed E-state index contributed by atoms with van der Waals surface area (Å²) in [6.07, 6.45) is -4.62. The van der Waals surface area contributed by atoms with Crippen LogP contribution in [0.4, 0.5) is 43.9 Å². The Kier molecular flexibility index (Phi) is 20.5. The molecule has 0 aromatic rings. The molecule has 29 heteroatoms. The smallest absolute Gasteiger partial charge is 0.433 e. The van der Waals surface area contributed by atoms with Gasteiger partial charge in [-0.05, 0) is 60.8 Å². The van der Waals surface area contributed by atoms with Crippen molar-refractivity contribution in [1.29, 1.82) is 0 Å². The highest BCUT2D eigenvalue weighted by molar-refractivity contribution is 7.87. The van der Waals surface area contributed by atoms with Crippen molar-refractivity contribution in [1.82, 2.24) is 0 Å². The van der Waals surface area contributed by atoms with Crippen LogP contribution in [0.2, 0.25) is 0 Å². The van der Waals surface area contributed by atoms with Crippen LogP contribution in [0.5, 0.6) is 0 Å². The zero-order valence-electron chi connectivity index (χ0n) is 31.0. The van der Waals surface area contributed by atoms with Gasteiger partial charge in [0.15, 0.2) is 43.6 Å². The third kappa shape index (κ3) is 16.3. The number of ether oxygens (including phenoxy) is 4. The number of rotatable bonds is 19. The molecule has 0 aromatic heterocycles. The quantitative estimate of drug-likeness (QED) is 0.0566. The summed E-state index contributed by atoms with van der Waals surface area (Å²) in [5.74, 6) is -8.24. The number of carbonyl (C=O) groups is 3. The average Bonchev–Trinajstić information content (AvgIpc) is 3.03. The lowest BCUT2D eigenvalue weighted by Crippen LogP contribution is -2.50. The molecule has 0 unspecified atom stereocenters. The maximum atomic E-state index is 12.9. The Hall–Kier alpha value is -2.60. The molecule has 0 fully saturated rings. The van der Waals surface area contributed by atoms with Crippen LogP contribution in [-0.2, 0) is 63.7 Å². The number of carbonyl (C=O) groups excluding carboxylic acids is 3. The summed E-state index contributed by atoms with van der Waals surface area (Å²) >= 11 is 0. The molecular formula is C27H41F10O16S3-3. The fourth-order valence-electron chi connectivity index (χ4n) is 2.20. The van der Waals surface area contributed by atoms with Gasteiger partial charge in [0.1, 0.15) is 6.61 Å². The second-order valence-electron chi connectivity index (χ2n) is 13.1. The molecule has 56 heavy (non-hydrogen) atoms. The van der Waals surface area contributed by atoms with Crippen LogP contribution >= 0.6 is 0 Å². The first kappa shape index (κ1) is 57.7. The van der Waals surface area contributed by atoms with Crippen molar-refractivity contribution in [2.24, 2.45) is 16.2 Å². The summed E-state index contributed by atoms with van der Waals surface area (Å²) in [5.41, 5.74) is -3.09. The highest BCUT2D eigenvalue weighted by atomic mass is 32.2. The minimum Gasteiger partial charge on any atom is -0.743 e. The molecule has 0 saturated carbocycles. The first-order chi connectivity index (χ1) is 24.3. The van der Waals surface area contributed by atoms with E-state index in [1.807, 2.05) is 0 Å². The van der Waals surface area contributed by atoms with Crippen molar-refractivity contribution in [3.05, 3.63) is 0 Å². The van der Waals surface area contributed by atoms with E-state index < -0.39 is 119 Å². The molecule has 0 aliphatic heterocycles. The van der Waals surface area contributed by atoms with E-state index in [0.29, 0.717) is 12.8 Å². The van der Waals surface area contributed by atoms with Gasteiger partial charge < -0.3 is 32.6 Å².